The number of oxazole rings is 1. The highest BCUT2D eigenvalue weighted by atomic mass is 16.3. The van der Waals surface area contributed by atoms with Gasteiger partial charge >= 0.3 is 0 Å². The minimum absolute atomic E-state index is 0.0155. The van der Waals surface area contributed by atoms with Crippen molar-refractivity contribution >= 4 is 11.6 Å². The summed E-state index contributed by atoms with van der Waals surface area (Å²) < 4.78 is 5.40. The van der Waals surface area contributed by atoms with Gasteiger partial charge in [0.15, 0.2) is 12.1 Å². The van der Waals surface area contributed by atoms with Crippen molar-refractivity contribution in [2.45, 2.75) is 33.1 Å². The van der Waals surface area contributed by atoms with E-state index in [9.17, 15) is 4.79 Å². The van der Waals surface area contributed by atoms with Crippen LogP contribution in [0.1, 0.15) is 48.0 Å². The first kappa shape index (κ1) is 16.6. The second-order valence-corrected chi connectivity index (χ2v) is 6.69. The SMILES string of the molecule is Cc1ccc(N2CCCN(C(=O)c3ncoc3C(C)C)CC2)cc1. The summed E-state index contributed by atoms with van der Waals surface area (Å²) in [6, 6.07) is 8.57. The van der Waals surface area contributed by atoms with Crippen molar-refractivity contribution in [3.63, 3.8) is 0 Å². The summed E-state index contributed by atoms with van der Waals surface area (Å²) in [5.74, 6) is 0.820. The topological polar surface area (TPSA) is 49.6 Å². The van der Waals surface area contributed by atoms with Crippen LogP contribution in [0.2, 0.25) is 0 Å². The number of anilines is 1. The summed E-state index contributed by atoms with van der Waals surface area (Å²) in [5, 5.41) is 0. The molecule has 5 nitrogen and oxygen atoms in total. The van der Waals surface area contributed by atoms with E-state index in [1.165, 1.54) is 17.6 Å². The Morgan fingerprint density at radius 3 is 2.58 bits per heavy atom. The van der Waals surface area contributed by atoms with Gasteiger partial charge in [-0.15, -0.1) is 0 Å². The maximum atomic E-state index is 12.8. The van der Waals surface area contributed by atoms with Crippen LogP contribution in [0.15, 0.2) is 35.1 Å². The fourth-order valence-corrected chi connectivity index (χ4v) is 3.11. The maximum Gasteiger partial charge on any atom is 0.276 e. The maximum absolute atomic E-state index is 12.8. The fraction of sp³-hybridized carbons (Fsp3) is 0.474. The number of rotatable bonds is 3. The molecule has 1 aliphatic rings. The standard InChI is InChI=1S/C19H25N3O2/c1-14(2)18-17(20-13-24-18)19(23)22-10-4-9-21(11-12-22)16-7-5-15(3)6-8-16/h5-8,13-14H,4,9-12H2,1-3H3. The zero-order valence-corrected chi connectivity index (χ0v) is 14.7. The molecule has 2 heterocycles. The van der Waals surface area contributed by atoms with Crippen molar-refractivity contribution in [1.82, 2.24) is 9.88 Å². The summed E-state index contributed by atoms with van der Waals surface area (Å²) in [7, 11) is 0. The zero-order chi connectivity index (χ0) is 17.1. The third-order valence-corrected chi connectivity index (χ3v) is 4.50. The molecule has 1 aromatic carbocycles. The minimum Gasteiger partial charge on any atom is -0.447 e. The highest BCUT2D eigenvalue weighted by Gasteiger charge is 2.26. The molecule has 1 amide bonds. The molecule has 1 aliphatic heterocycles. The van der Waals surface area contributed by atoms with Crippen LogP contribution in [0.4, 0.5) is 5.69 Å². The first-order chi connectivity index (χ1) is 11.6. The second-order valence-electron chi connectivity index (χ2n) is 6.69. The third-order valence-electron chi connectivity index (χ3n) is 4.50. The summed E-state index contributed by atoms with van der Waals surface area (Å²) in [4.78, 5) is 21.2. The molecule has 1 saturated heterocycles. The van der Waals surface area contributed by atoms with E-state index in [0.29, 0.717) is 18.0 Å². The van der Waals surface area contributed by atoms with Crippen molar-refractivity contribution in [2.75, 3.05) is 31.1 Å². The van der Waals surface area contributed by atoms with Gasteiger partial charge in [-0.25, -0.2) is 4.98 Å². The number of aromatic nitrogens is 1. The highest BCUT2D eigenvalue weighted by Crippen LogP contribution is 2.21. The van der Waals surface area contributed by atoms with Gasteiger partial charge < -0.3 is 14.2 Å². The smallest absolute Gasteiger partial charge is 0.276 e. The van der Waals surface area contributed by atoms with E-state index in [1.807, 2.05) is 18.7 Å². The lowest BCUT2D eigenvalue weighted by atomic mass is 10.1. The molecule has 1 aromatic heterocycles. The number of carbonyl (C=O) groups is 1. The molecule has 3 rings (SSSR count). The Bertz CT molecular complexity index is 691. The van der Waals surface area contributed by atoms with Crippen molar-refractivity contribution < 1.29 is 9.21 Å². The van der Waals surface area contributed by atoms with Crippen LogP contribution < -0.4 is 4.90 Å². The van der Waals surface area contributed by atoms with E-state index in [1.54, 1.807) is 0 Å². The lowest BCUT2D eigenvalue weighted by molar-refractivity contribution is 0.0759. The molecule has 24 heavy (non-hydrogen) atoms. The average molecular weight is 327 g/mol. The van der Waals surface area contributed by atoms with Crippen molar-refractivity contribution in [3.8, 4) is 0 Å². The Hall–Kier alpha value is -2.30. The first-order valence-electron chi connectivity index (χ1n) is 8.60. The first-order valence-corrected chi connectivity index (χ1v) is 8.60. The lowest BCUT2D eigenvalue weighted by Crippen LogP contribution is -2.35. The number of hydrogen-bond acceptors (Lipinski definition) is 4. The van der Waals surface area contributed by atoms with E-state index in [4.69, 9.17) is 4.42 Å². The molecule has 0 radical (unpaired) electrons. The van der Waals surface area contributed by atoms with Crippen LogP contribution in [-0.4, -0.2) is 42.0 Å². The molecule has 5 heteroatoms. The average Bonchev–Trinajstić information content (AvgIpc) is 2.94. The molecule has 0 unspecified atom stereocenters. The molecule has 128 valence electrons. The normalized spacial score (nSPS) is 15.7. The van der Waals surface area contributed by atoms with Crippen molar-refractivity contribution in [3.05, 3.63) is 47.7 Å². The summed E-state index contributed by atoms with van der Waals surface area (Å²) in [5.41, 5.74) is 2.95. The van der Waals surface area contributed by atoms with Crippen LogP contribution in [-0.2, 0) is 0 Å². The van der Waals surface area contributed by atoms with Crippen LogP contribution in [0.25, 0.3) is 0 Å². The van der Waals surface area contributed by atoms with Gasteiger partial charge in [0.05, 0.1) is 0 Å². The van der Waals surface area contributed by atoms with Gasteiger partial charge in [-0.3, -0.25) is 4.79 Å². The molecular weight excluding hydrogens is 302 g/mol. The Balaban J connectivity index is 1.70. The molecule has 0 aliphatic carbocycles. The second kappa shape index (κ2) is 7.07. The van der Waals surface area contributed by atoms with Crippen molar-refractivity contribution in [2.24, 2.45) is 0 Å². The van der Waals surface area contributed by atoms with Gasteiger partial charge in [-0.1, -0.05) is 31.5 Å². The number of amides is 1. The third kappa shape index (κ3) is 3.45. The Morgan fingerprint density at radius 2 is 1.88 bits per heavy atom. The minimum atomic E-state index is -0.0155. The van der Waals surface area contributed by atoms with Gasteiger partial charge in [0.25, 0.3) is 5.91 Å². The van der Waals surface area contributed by atoms with Crippen molar-refractivity contribution in [1.29, 1.82) is 0 Å². The number of aryl methyl sites for hydroxylation is 1. The predicted octanol–water partition coefficient (Wildman–Crippen LogP) is 3.46. The fourth-order valence-electron chi connectivity index (χ4n) is 3.11. The van der Waals surface area contributed by atoms with Gasteiger partial charge in [0.1, 0.15) is 5.76 Å². The van der Waals surface area contributed by atoms with Gasteiger partial charge in [-0.2, -0.15) is 0 Å². The summed E-state index contributed by atoms with van der Waals surface area (Å²) >= 11 is 0. The molecule has 0 atom stereocenters. The molecule has 0 spiro atoms. The quantitative estimate of drug-likeness (QED) is 0.866. The van der Waals surface area contributed by atoms with Crippen LogP contribution in [0.5, 0.6) is 0 Å². The number of benzene rings is 1. The Labute approximate surface area is 143 Å². The number of carbonyl (C=O) groups excluding carboxylic acids is 1. The van der Waals surface area contributed by atoms with E-state index in [-0.39, 0.29) is 11.8 Å². The molecule has 0 bridgehead atoms. The molecule has 2 aromatic rings. The molecular formula is C19H25N3O2. The lowest BCUT2D eigenvalue weighted by Gasteiger charge is -2.23. The number of hydrogen-bond donors (Lipinski definition) is 0. The molecule has 1 fully saturated rings. The largest absolute Gasteiger partial charge is 0.447 e. The molecule has 0 N–H and O–H groups in total. The summed E-state index contributed by atoms with van der Waals surface area (Å²) in [6.07, 6.45) is 2.33. The van der Waals surface area contributed by atoms with E-state index in [0.717, 1.165) is 26.1 Å². The van der Waals surface area contributed by atoms with Crippen LogP contribution in [0.3, 0.4) is 0 Å². The Kier molecular flexibility index (Phi) is 4.88. The zero-order valence-electron chi connectivity index (χ0n) is 14.7. The van der Waals surface area contributed by atoms with Gasteiger partial charge in [0.2, 0.25) is 0 Å². The van der Waals surface area contributed by atoms with Crippen LogP contribution in [0, 0.1) is 6.92 Å². The number of nitrogens with zero attached hydrogens (tertiary/aromatic N) is 3. The Morgan fingerprint density at radius 1 is 1.12 bits per heavy atom. The van der Waals surface area contributed by atoms with Crippen LogP contribution >= 0.6 is 0 Å². The van der Waals surface area contributed by atoms with E-state index >= 15 is 0 Å². The highest BCUT2D eigenvalue weighted by molar-refractivity contribution is 5.93. The van der Waals surface area contributed by atoms with E-state index in [2.05, 4.69) is 41.1 Å². The van der Waals surface area contributed by atoms with Gasteiger partial charge in [-0.05, 0) is 25.5 Å². The van der Waals surface area contributed by atoms with Gasteiger partial charge in [0, 0.05) is 37.8 Å². The van der Waals surface area contributed by atoms with E-state index < -0.39 is 0 Å². The molecule has 0 saturated carbocycles. The summed E-state index contributed by atoms with van der Waals surface area (Å²) in [6.45, 7) is 9.38. The predicted molar refractivity (Wildman–Crippen MR) is 94.5 cm³/mol. The monoisotopic (exact) mass is 327 g/mol.